The summed E-state index contributed by atoms with van der Waals surface area (Å²) in [4.78, 5) is 24.5. The SMILES string of the molecule is CC1CC(=O)NN=C1c1ccc(N2CCNC2=O)cc1. The summed E-state index contributed by atoms with van der Waals surface area (Å²) in [7, 11) is 0. The lowest BCUT2D eigenvalue weighted by Crippen LogP contribution is -2.32. The zero-order valence-corrected chi connectivity index (χ0v) is 11.2. The smallest absolute Gasteiger partial charge is 0.321 e. The number of hydrogen-bond acceptors (Lipinski definition) is 3. The number of rotatable bonds is 2. The lowest BCUT2D eigenvalue weighted by Gasteiger charge is -2.20. The van der Waals surface area contributed by atoms with Crippen LogP contribution in [-0.2, 0) is 4.79 Å². The molecule has 1 aromatic carbocycles. The van der Waals surface area contributed by atoms with Crippen LogP contribution in [0.2, 0.25) is 0 Å². The third-order valence-electron chi connectivity index (χ3n) is 3.59. The molecular formula is C14H16N4O2. The van der Waals surface area contributed by atoms with Gasteiger partial charge in [0.05, 0.1) is 5.71 Å². The lowest BCUT2D eigenvalue weighted by atomic mass is 9.94. The van der Waals surface area contributed by atoms with Gasteiger partial charge in [0.25, 0.3) is 0 Å². The molecule has 1 aromatic rings. The monoisotopic (exact) mass is 272 g/mol. The molecule has 6 heteroatoms. The second-order valence-electron chi connectivity index (χ2n) is 5.07. The molecule has 0 aromatic heterocycles. The normalized spacial score (nSPS) is 22.4. The number of nitrogens with one attached hydrogen (secondary N) is 2. The first-order chi connectivity index (χ1) is 9.65. The van der Waals surface area contributed by atoms with Crippen molar-refractivity contribution in [1.29, 1.82) is 0 Å². The van der Waals surface area contributed by atoms with Crippen LogP contribution < -0.4 is 15.6 Å². The summed E-state index contributed by atoms with van der Waals surface area (Å²) in [5, 5.41) is 6.90. The molecule has 2 aliphatic rings. The van der Waals surface area contributed by atoms with Gasteiger partial charge in [0.2, 0.25) is 5.91 Å². The first-order valence-electron chi connectivity index (χ1n) is 6.67. The molecule has 2 heterocycles. The summed E-state index contributed by atoms with van der Waals surface area (Å²) in [6.07, 6.45) is 0.453. The fourth-order valence-electron chi connectivity index (χ4n) is 2.53. The predicted octanol–water partition coefficient (Wildman–Crippen LogP) is 1.08. The number of hydrogen-bond donors (Lipinski definition) is 2. The number of urea groups is 1. The molecule has 1 atom stereocenters. The van der Waals surface area contributed by atoms with Gasteiger partial charge in [-0.1, -0.05) is 19.1 Å². The molecular weight excluding hydrogens is 256 g/mol. The van der Waals surface area contributed by atoms with Gasteiger partial charge >= 0.3 is 6.03 Å². The third kappa shape index (κ3) is 2.24. The molecule has 0 spiro atoms. The van der Waals surface area contributed by atoms with E-state index in [1.165, 1.54) is 0 Å². The van der Waals surface area contributed by atoms with E-state index in [1.54, 1.807) is 4.90 Å². The third-order valence-corrected chi connectivity index (χ3v) is 3.59. The summed E-state index contributed by atoms with van der Waals surface area (Å²) in [6.45, 7) is 3.35. The fourth-order valence-corrected chi connectivity index (χ4v) is 2.53. The molecule has 20 heavy (non-hydrogen) atoms. The molecule has 0 radical (unpaired) electrons. The molecule has 3 amide bonds. The van der Waals surface area contributed by atoms with Gasteiger partial charge in [0.15, 0.2) is 0 Å². The number of amides is 3. The average molecular weight is 272 g/mol. The van der Waals surface area contributed by atoms with Crippen LogP contribution in [0.5, 0.6) is 0 Å². The van der Waals surface area contributed by atoms with Crippen LogP contribution >= 0.6 is 0 Å². The van der Waals surface area contributed by atoms with Crippen molar-refractivity contribution in [3.05, 3.63) is 29.8 Å². The topological polar surface area (TPSA) is 73.8 Å². The first kappa shape index (κ1) is 12.7. The van der Waals surface area contributed by atoms with E-state index in [0.717, 1.165) is 17.0 Å². The van der Waals surface area contributed by atoms with Gasteiger partial charge in [-0.15, -0.1) is 0 Å². The summed E-state index contributed by atoms with van der Waals surface area (Å²) in [5.41, 5.74) is 5.23. The van der Waals surface area contributed by atoms with E-state index in [0.29, 0.717) is 19.5 Å². The van der Waals surface area contributed by atoms with Crippen molar-refractivity contribution in [2.75, 3.05) is 18.0 Å². The highest BCUT2D eigenvalue weighted by Gasteiger charge is 2.23. The Kier molecular flexibility index (Phi) is 3.14. The molecule has 2 aliphatic heterocycles. The Morgan fingerprint density at radius 1 is 1.25 bits per heavy atom. The van der Waals surface area contributed by atoms with Gasteiger partial charge in [-0.3, -0.25) is 9.69 Å². The molecule has 1 unspecified atom stereocenters. The second kappa shape index (κ2) is 4.96. The van der Waals surface area contributed by atoms with Crippen molar-refractivity contribution in [2.45, 2.75) is 13.3 Å². The lowest BCUT2D eigenvalue weighted by molar-refractivity contribution is -0.121. The number of nitrogens with zero attached hydrogens (tertiary/aromatic N) is 2. The summed E-state index contributed by atoms with van der Waals surface area (Å²) < 4.78 is 0. The highest BCUT2D eigenvalue weighted by atomic mass is 16.2. The van der Waals surface area contributed by atoms with Crippen LogP contribution in [0.25, 0.3) is 0 Å². The van der Waals surface area contributed by atoms with Crippen molar-refractivity contribution in [3.8, 4) is 0 Å². The van der Waals surface area contributed by atoms with Crippen molar-refractivity contribution in [2.24, 2.45) is 11.0 Å². The largest absolute Gasteiger partial charge is 0.336 e. The van der Waals surface area contributed by atoms with Crippen molar-refractivity contribution < 1.29 is 9.59 Å². The molecule has 1 saturated heterocycles. The number of benzene rings is 1. The Morgan fingerprint density at radius 2 is 2.00 bits per heavy atom. The molecule has 0 saturated carbocycles. The van der Waals surface area contributed by atoms with Crippen LogP contribution in [0.1, 0.15) is 18.9 Å². The maximum Gasteiger partial charge on any atom is 0.321 e. The van der Waals surface area contributed by atoms with Crippen molar-refractivity contribution in [3.63, 3.8) is 0 Å². The zero-order chi connectivity index (χ0) is 14.1. The van der Waals surface area contributed by atoms with E-state index in [4.69, 9.17) is 0 Å². The van der Waals surface area contributed by atoms with Gasteiger partial charge in [-0.25, -0.2) is 10.2 Å². The molecule has 2 N–H and O–H groups in total. The van der Waals surface area contributed by atoms with Gasteiger partial charge < -0.3 is 5.32 Å². The van der Waals surface area contributed by atoms with E-state index in [2.05, 4.69) is 15.8 Å². The van der Waals surface area contributed by atoms with Gasteiger partial charge in [-0.2, -0.15) is 5.10 Å². The van der Waals surface area contributed by atoms with E-state index >= 15 is 0 Å². The first-order valence-corrected chi connectivity index (χ1v) is 6.67. The van der Waals surface area contributed by atoms with Gasteiger partial charge in [0.1, 0.15) is 0 Å². The molecule has 6 nitrogen and oxygen atoms in total. The molecule has 3 rings (SSSR count). The Morgan fingerprint density at radius 3 is 2.60 bits per heavy atom. The molecule has 104 valence electrons. The summed E-state index contributed by atoms with van der Waals surface area (Å²) >= 11 is 0. The van der Waals surface area contributed by atoms with Crippen LogP contribution in [0, 0.1) is 5.92 Å². The molecule has 0 aliphatic carbocycles. The number of carbonyl (C=O) groups excluding carboxylic acids is 2. The van der Waals surface area contributed by atoms with Crippen LogP contribution in [0.3, 0.4) is 0 Å². The van der Waals surface area contributed by atoms with Crippen molar-refractivity contribution >= 4 is 23.3 Å². The van der Waals surface area contributed by atoms with Crippen LogP contribution in [0.15, 0.2) is 29.4 Å². The van der Waals surface area contributed by atoms with Crippen LogP contribution in [0.4, 0.5) is 10.5 Å². The Bertz CT molecular complexity index is 579. The maximum atomic E-state index is 11.6. The van der Waals surface area contributed by atoms with Crippen LogP contribution in [-0.4, -0.2) is 30.7 Å². The predicted molar refractivity (Wildman–Crippen MR) is 75.6 cm³/mol. The number of carbonyl (C=O) groups is 2. The highest BCUT2D eigenvalue weighted by Crippen LogP contribution is 2.21. The molecule has 0 bridgehead atoms. The second-order valence-corrected chi connectivity index (χ2v) is 5.07. The minimum Gasteiger partial charge on any atom is -0.336 e. The van der Waals surface area contributed by atoms with E-state index in [9.17, 15) is 9.59 Å². The van der Waals surface area contributed by atoms with Crippen molar-refractivity contribution in [1.82, 2.24) is 10.7 Å². The van der Waals surface area contributed by atoms with E-state index < -0.39 is 0 Å². The Hall–Kier alpha value is -2.37. The van der Waals surface area contributed by atoms with Gasteiger partial charge in [0, 0.05) is 31.1 Å². The zero-order valence-electron chi connectivity index (χ0n) is 11.2. The Balaban J connectivity index is 1.83. The minimum atomic E-state index is -0.0617. The summed E-state index contributed by atoms with van der Waals surface area (Å²) in [6, 6.07) is 7.63. The quantitative estimate of drug-likeness (QED) is 0.845. The van der Waals surface area contributed by atoms with Gasteiger partial charge in [-0.05, 0) is 17.7 Å². The number of hydrazone groups is 1. The highest BCUT2D eigenvalue weighted by molar-refractivity contribution is 6.06. The van der Waals surface area contributed by atoms with E-state index in [1.807, 2.05) is 31.2 Å². The van der Waals surface area contributed by atoms with E-state index in [-0.39, 0.29) is 17.9 Å². The fraction of sp³-hybridized carbons (Fsp3) is 0.357. The summed E-state index contributed by atoms with van der Waals surface area (Å²) in [5.74, 6) is 0.0521. The Labute approximate surface area is 116 Å². The maximum absolute atomic E-state index is 11.6. The minimum absolute atomic E-state index is 0.0494. The number of anilines is 1. The standard InChI is InChI=1S/C14H16N4O2/c1-9-8-12(19)16-17-13(9)10-2-4-11(5-3-10)18-7-6-15-14(18)20/h2-5,9H,6-8H2,1H3,(H,15,20)(H,16,19). The molecule has 1 fully saturated rings. The average Bonchev–Trinajstić information content (AvgIpc) is 2.85.